The van der Waals surface area contributed by atoms with Crippen molar-refractivity contribution in [2.24, 2.45) is 0 Å². The molecule has 0 aromatic heterocycles. The van der Waals surface area contributed by atoms with Crippen molar-refractivity contribution in [2.45, 2.75) is 71.0 Å². The van der Waals surface area contributed by atoms with Crippen molar-refractivity contribution in [1.29, 1.82) is 0 Å². The first-order chi connectivity index (χ1) is 9.69. The van der Waals surface area contributed by atoms with Crippen LogP contribution in [-0.4, -0.2) is 21.4 Å². The van der Waals surface area contributed by atoms with Crippen LogP contribution in [0.3, 0.4) is 0 Å². The van der Waals surface area contributed by atoms with Crippen molar-refractivity contribution in [1.82, 2.24) is 0 Å². The molecule has 4 heteroatoms. The predicted molar refractivity (Wildman–Crippen MR) is 89.5 cm³/mol. The Balaban J connectivity index is 3.16. The number of carbonyl (C=O) groups is 1. The smallest absolute Gasteiger partial charge is 0.341 e. The Morgan fingerprint density at radius 2 is 1.86 bits per heavy atom. The van der Waals surface area contributed by atoms with Crippen LogP contribution in [0.5, 0.6) is 0 Å². The van der Waals surface area contributed by atoms with E-state index in [0.29, 0.717) is 5.57 Å². The van der Waals surface area contributed by atoms with Gasteiger partial charge in [-0.3, -0.25) is 0 Å². The molecule has 0 aliphatic heterocycles. The standard InChI is InChI=1S/C17H30O3Si/c1-17(2,3)21(5,6)20-15-13-11-9-7-8-10-12-14(15)16(18)19-4/h10,12H,7-9,11,13H2,1-6H3/b12-10+,15-14-. The van der Waals surface area contributed by atoms with E-state index in [0.717, 1.165) is 25.0 Å². The van der Waals surface area contributed by atoms with Crippen molar-refractivity contribution in [2.75, 3.05) is 7.11 Å². The maximum absolute atomic E-state index is 12.1. The third-order valence-corrected chi connectivity index (χ3v) is 8.82. The molecule has 0 N–H and O–H groups in total. The van der Waals surface area contributed by atoms with Crippen LogP contribution in [0.15, 0.2) is 23.5 Å². The van der Waals surface area contributed by atoms with E-state index in [-0.39, 0.29) is 11.0 Å². The molecule has 0 amide bonds. The fourth-order valence-electron chi connectivity index (χ4n) is 2.01. The number of methoxy groups -OCH3 is 1. The molecule has 1 aliphatic carbocycles. The highest BCUT2D eigenvalue weighted by Gasteiger charge is 2.40. The molecule has 0 heterocycles. The van der Waals surface area contributed by atoms with E-state index in [1.54, 1.807) is 0 Å². The molecule has 0 atom stereocenters. The Morgan fingerprint density at radius 1 is 1.19 bits per heavy atom. The summed E-state index contributed by atoms with van der Waals surface area (Å²) in [6.45, 7) is 11.1. The van der Waals surface area contributed by atoms with Gasteiger partial charge in [0.25, 0.3) is 0 Å². The first kappa shape index (κ1) is 18.0. The van der Waals surface area contributed by atoms with Crippen LogP contribution >= 0.6 is 0 Å². The van der Waals surface area contributed by atoms with E-state index >= 15 is 0 Å². The largest absolute Gasteiger partial charge is 0.546 e. The van der Waals surface area contributed by atoms with Crippen LogP contribution in [-0.2, 0) is 14.0 Å². The summed E-state index contributed by atoms with van der Waals surface area (Å²) in [4.78, 5) is 12.1. The molecular formula is C17H30O3Si. The Hall–Kier alpha value is -1.03. The minimum atomic E-state index is -1.95. The molecule has 1 rings (SSSR count). The van der Waals surface area contributed by atoms with Gasteiger partial charge in [-0.2, -0.15) is 0 Å². The predicted octanol–water partition coefficient (Wildman–Crippen LogP) is 4.96. The van der Waals surface area contributed by atoms with Crippen LogP contribution < -0.4 is 0 Å². The second-order valence-corrected chi connectivity index (χ2v) is 11.9. The monoisotopic (exact) mass is 310 g/mol. The van der Waals surface area contributed by atoms with Crippen molar-refractivity contribution >= 4 is 14.3 Å². The first-order valence-electron chi connectivity index (χ1n) is 7.86. The molecule has 0 fully saturated rings. The van der Waals surface area contributed by atoms with Crippen molar-refractivity contribution in [3.05, 3.63) is 23.5 Å². The fourth-order valence-corrected chi connectivity index (χ4v) is 3.15. The lowest BCUT2D eigenvalue weighted by molar-refractivity contribution is -0.135. The van der Waals surface area contributed by atoms with Gasteiger partial charge in [-0.15, -0.1) is 0 Å². The van der Waals surface area contributed by atoms with E-state index < -0.39 is 8.32 Å². The van der Waals surface area contributed by atoms with Crippen molar-refractivity contribution in [3.8, 4) is 0 Å². The van der Waals surface area contributed by atoms with Gasteiger partial charge in [-0.1, -0.05) is 33.3 Å². The highest BCUT2D eigenvalue weighted by molar-refractivity contribution is 6.74. The van der Waals surface area contributed by atoms with E-state index in [1.807, 2.05) is 6.08 Å². The first-order valence-corrected chi connectivity index (χ1v) is 10.8. The summed E-state index contributed by atoms with van der Waals surface area (Å²) in [6, 6.07) is 0. The second-order valence-electron chi connectivity index (χ2n) is 7.19. The Labute approximate surface area is 130 Å². The minimum absolute atomic E-state index is 0.114. The van der Waals surface area contributed by atoms with E-state index in [2.05, 4.69) is 39.9 Å². The number of hydrogen-bond acceptors (Lipinski definition) is 3. The molecule has 0 aromatic carbocycles. The number of rotatable bonds is 3. The van der Waals surface area contributed by atoms with E-state index in [1.165, 1.54) is 20.0 Å². The lowest BCUT2D eigenvalue weighted by Crippen LogP contribution is -2.40. The second kappa shape index (κ2) is 7.30. The van der Waals surface area contributed by atoms with Crippen molar-refractivity contribution in [3.63, 3.8) is 0 Å². The maximum atomic E-state index is 12.1. The topological polar surface area (TPSA) is 35.5 Å². The number of ether oxygens (including phenoxy) is 1. The summed E-state index contributed by atoms with van der Waals surface area (Å²) >= 11 is 0. The van der Waals surface area contributed by atoms with Crippen LogP contribution in [0.2, 0.25) is 18.1 Å². The zero-order valence-corrected chi connectivity index (χ0v) is 15.4. The molecule has 0 aromatic rings. The molecular weight excluding hydrogens is 280 g/mol. The third-order valence-electron chi connectivity index (χ3n) is 4.45. The van der Waals surface area contributed by atoms with Gasteiger partial charge < -0.3 is 9.16 Å². The van der Waals surface area contributed by atoms with Crippen LogP contribution in [0.25, 0.3) is 0 Å². The number of carbonyl (C=O) groups excluding carboxylic acids is 1. The molecule has 0 bridgehead atoms. The summed E-state index contributed by atoms with van der Waals surface area (Å²) in [5.74, 6) is 0.536. The van der Waals surface area contributed by atoms with E-state index in [4.69, 9.17) is 9.16 Å². The molecule has 21 heavy (non-hydrogen) atoms. The molecule has 120 valence electrons. The Bertz CT molecular complexity index is 428. The summed E-state index contributed by atoms with van der Waals surface area (Å²) < 4.78 is 11.4. The molecule has 0 spiro atoms. The van der Waals surface area contributed by atoms with Gasteiger partial charge in [-0.25, -0.2) is 4.79 Å². The Morgan fingerprint density at radius 3 is 2.43 bits per heavy atom. The van der Waals surface area contributed by atoms with Crippen molar-refractivity contribution < 1.29 is 14.0 Å². The minimum Gasteiger partial charge on any atom is -0.546 e. The van der Waals surface area contributed by atoms with Gasteiger partial charge in [0.2, 0.25) is 8.32 Å². The zero-order chi connectivity index (χ0) is 16.1. The van der Waals surface area contributed by atoms with Gasteiger partial charge >= 0.3 is 5.97 Å². The number of esters is 1. The van der Waals surface area contributed by atoms with Crippen LogP contribution in [0.1, 0.15) is 52.9 Å². The normalized spacial score (nSPS) is 22.8. The van der Waals surface area contributed by atoms with Gasteiger partial charge in [0.05, 0.1) is 18.4 Å². The average Bonchev–Trinajstić information content (AvgIpc) is 2.48. The molecule has 3 nitrogen and oxygen atoms in total. The molecule has 0 saturated heterocycles. The summed E-state index contributed by atoms with van der Waals surface area (Å²) in [6.07, 6.45) is 9.18. The lowest BCUT2D eigenvalue weighted by Gasteiger charge is -2.37. The quantitative estimate of drug-likeness (QED) is 0.546. The highest BCUT2D eigenvalue weighted by atomic mass is 28.4. The maximum Gasteiger partial charge on any atom is 0.341 e. The number of allylic oxidation sites excluding steroid dienone is 2. The SMILES string of the molecule is COC(=O)C1=C(\O[Si](C)(C)C(C)(C)C)CCCCC\C=C\1. The van der Waals surface area contributed by atoms with Gasteiger partial charge in [-0.05, 0) is 43.5 Å². The molecule has 0 saturated carbocycles. The highest BCUT2D eigenvalue weighted by Crippen LogP contribution is 2.39. The zero-order valence-electron chi connectivity index (χ0n) is 14.4. The van der Waals surface area contributed by atoms with Crippen LogP contribution in [0, 0.1) is 0 Å². The average molecular weight is 311 g/mol. The Kier molecular flexibility index (Phi) is 6.26. The summed E-state index contributed by atoms with van der Waals surface area (Å²) in [5.41, 5.74) is 0.601. The number of hydrogen-bond donors (Lipinski definition) is 0. The van der Waals surface area contributed by atoms with E-state index in [9.17, 15) is 4.79 Å². The van der Waals surface area contributed by atoms with Crippen LogP contribution in [0.4, 0.5) is 0 Å². The summed E-state index contributed by atoms with van der Waals surface area (Å²) in [5, 5.41) is 0.114. The fraction of sp³-hybridized carbons (Fsp3) is 0.706. The lowest BCUT2D eigenvalue weighted by atomic mass is 10.1. The molecule has 0 radical (unpaired) electrons. The van der Waals surface area contributed by atoms with Gasteiger partial charge in [0.15, 0.2) is 0 Å². The summed E-state index contributed by atoms with van der Waals surface area (Å²) in [7, 11) is -0.517. The molecule has 0 unspecified atom stereocenters. The van der Waals surface area contributed by atoms with Gasteiger partial charge in [0.1, 0.15) is 0 Å². The molecule has 1 aliphatic rings. The van der Waals surface area contributed by atoms with Gasteiger partial charge in [0, 0.05) is 6.42 Å². The third kappa shape index (κ3) is 5.02.